The molecular formula is C22H23F3N2O2. The van der Waals surface area contributed by atoms with E-state index in [0.717, 1.165) is 23.3 Å². The summed E-state index contributed by atoms with van der Waals surface area (Å²) in [5, 5.41) is 11.7. The molecular weight excluding hydrogens is 381 g/mol. The number of halogens is 3. The van der Waals surface area contributed by atoms with Crippen LogP contribution in [0.25, 0.3) is 0 Å². The molecule has 0 heterocycles. The van der Waals surface area contributed by atoms with E-state index in [9.17, 15) is 18.0 Å². The van der Waals surface area contributed by atoms with Gasteiger partial charge in [0.2, 0.25) is 0 Å². The van der Waals surface area contributed by atoms with Crippen LogP contribution in [-0.4, -0.2) is 18.6 Å². The van der Waals surface area contributed by atoms with E-state index in [2.05, 4.69) is 5.32 Å². The van der Waals surface area contributed by atoms with Crippen molar-refractivity contribution in [3.05, 3.63) is 64.7 Å². The Labute approximate surface area is 168 Å². The first kappa shape index (κ1) is 22.3. The summed E-state index contributed by atoms with van der Waals surface area (Å²) in [6.45, 7) is 4.24. The van der Waals surface area contributed by atoms with Crippen molar-refractivity contribution >= 4 is 5.91 Å². The van der Waals surface area contributed by atoms with Gasteiger partial charge in [-0.15, -0.1) is 0 Å². The Morgan fingerprint density at radius 1 is 1.24 bits per heavy atom. The van der Waals surface area contributed by atoms with Crippen LogP contribution in [0.1, 0.15) is 42.0 Å². The molecule has 29 heavy (non-hydrogen) atoms. The number of carbonyl (C=O) groups excluding carboxylic acids is 1. The second-order valence-corrected chi connectivity index (χ2v) is 6.74. The minimum Gasteiger partial charge on any atom is -0.481 e. The minimum atomic E-state index is -4.68. The molecule has 7 heteroatoms. The molecule has 1 amide bonds. The average molecular weight is 404 g/mol. The third-order valence-corrected chi connectivity index (χ3v) is 4.33. The highest BCUT2D eigenvalue weighted by Crippen LogP contribution is 2.34. The van der Waals surface area contributed by atoms with Crippen LogP contribution in [0.3, 0.4) is 0 Å². The Hall–Kier alpha value is -3.01. The van der Waals surface area contributed by atoms with E-state index in [-0.39, 0.29) is 11.7 Å². The molecule has 0 aromatic heterocycles. The summed E-state index contributed by atoms with van der Waals surface area (Å²) in [5.74, 6) is -0.471. The van der Waals surface area contributed by atoms with Crippen molar-refractivity contribution in [2.45, 2.75) is 45.4 Å². The third-order valence-electron chi connectivity index (χ3n) is 4.33. The number of carbonyl (C=O) groups is 1. The number of nitrogens with one attached hydrogen (secondary N) is 1. The van der Waals surface area contributed by atoms with Gasteiger partial charge < -0.3 is 10.1 Å². The van der Waals surface area contributed by atoms with Crippen LogP contribution in [0.15, 0.2) is 42.5 Å². The number of rotatable bonds is 8. The van der Waals surface area contributed by atoms with Crippen molar-refractivity contribution in [2.24, 2.45) is 0 Å². The molecule has 1 unspecified atom stereocenters. The first-order chi connectivity index (χ1) is 13.7. The number of hydrogen-bond acceptors (Lipinski definition) is 3. The Balaban J connectivity index is 2.05. The van der Waals surface area contributed by atoms with Gasteiger partial charge in [-0.25, -0.2) is 0 Å². The molecule has 2 rings (SSSR count). The third kappa shape index (κ3) is 6.53. The van der Waals surface area contributed by atoms with Crippen LogP contribution < -0.4 is 10.1 Å². The van der Waals surface area contributed by atoms with Crippen LogP contribution in [0, 0.1) is 18.3 Å². The largest absolute Gasteiger partial charge is 0.481 e. The van der Waals surface area contributed by atoms with Crippen molar-refractivity contribution < 1.29 is 22.7 Å². The molecule has 0 fully saturated rings. The average Bonchev–Trinajstić information content (AvgIpc) is 2.67. The molecule has 0 saturated heterocycles. The van der Waals surface area contributed by atoms with Gasteiger partial charge in [0.15, 0.2) is 6.10 Å². The summed E-state index contributed by atoms with van der Waals surface area (Å²) in [4.78, 5) is 12.5. The van der Waals surface area contributed by atoms with Gasteiger partial charge >= 0.3 is 6.18 Å². The number of benzene rings is 2. The van der Waals surface area contributed by atoms with Crippen molar-refractivity contribution in [1.82, 2.24) is 5.32 Å². The molecule has 154 valence electrons. The second-order valence-electron chi connectivity index (χ2n) is 6.74. The highest BCUT2D eigenvalue weighted by atomic mass is 19.4. The van der Waals surface area contributed by atoms with E-state index in [1.165, 1.54) is 12.1 Å². The molecule has 2 aromatic rings. The Kier molecular flexibility index (Phi) is 7.66. The molecule has 2 aromatic carbocycles. The molecule has 4 nitrogen and oxygen atoms in total. The smallest absolute Gasteiger partial charge is 0.417 e. The van der Waals surface area contributed by atoms with Crippen molar-refractivity contribution in [1.29, 1.82) is 5.26 Å². The molecule has 0 saturated carbocycles. The van der Waals surface area contributed by atoms with Gasteiger partial charge in [-0.2, -0.15) is 18.4 Å². The van der Waals surface area contributed by atoms with Gasteiger partial charge in [-0.05, 0) is 43.5 Å². The van der Waals surface area contributed by atoms with Gasteiger partial charge in [0.1, 0.15) is 5.75 Å². The van der Waals surface area contributed by atoms with Crippen molar-refractivity contribution in [3.8, 4) is 11.8 Å². The number of alkyl halides is 3. The lowest BCUT2D eigenvalue weighted by molar-refractivity contribution is -0.137. The van der Waals surface area contributed by atoms with Gasteiger partial charge in [0.25, 0.3) is 5.91 Å². The quantitative estimate of drug-likeness (QED) is 0.688. The molecule has 0 aliphatic heterocycles. The van der Waals surface area contributed by atoms with Gasteiger partial charge in [-0.3, -0.25) is 4.79 Å². The summed E-state index contributed by atoms with van der Waals surface area (Å²) < 4.78 is 44.9. The van der Waals surface area contributed by atoms with Gasteiger partial charge in [0, 0.05) is 6.54 Å². The number of ether oxygens (including phenoxy) is 1. The highest BCUT2D eigenvalue weighted by Gasteiger charge is 2.34. The Morgan fingerprint density at radius 2 is 2.00 bits per heavy atom. The first-order valence-corrected chi connectivity index (χ1v) is 9.36. The summed E-state index contributed by atoms with van der Waals surface area (Å²) in [6, 6.07) is 12.5. The maximum absolute atomic E-state index is 13.1. The van der Waals surface area contributed by atoms with Crippen molar-refractivity contribution in [3.63, 3.8) is 0 Å². The minimum absolute atomic E-state index is 0.0939. The van der Waals surface area contributed by atoms with Crippen LogP contribution >= 0.6 is 0 Å². The lowest BCUT2D eigenvalue weighted by Gasteiger charge is -2.19. The molecule has 0 aliphatic rings. The Morgan fingerprint density at radius 3 is 2.62 bits per heavy atom. The predicted molar refractivity (Wildman–Crippen MR) is 103 cm³/mol. The molecule has 0 radical (unpaired) electrons. The van der Waals surface area contributed by atoms with E-state index in [1.54, 1.807) is 0 Å². The van der Waals surface area contributed by atoms with Gasteiger partial charge in [0.05, 0.1) is 17.2 Å². The molecule has 0 bridgehead atoms. The zero-order valence-corrected chi connectivity index (χ0v) is 16.3. The zero-order valence-electron chi connectivity index (χ0n) is 16.3. The number of aryl methyl sites for hydroxylation is 1. The number of hydrogen-bond donors (Lipinski definition) is 1. The highest BCUT2D eigenvalue weighted by molar-refractivity contribution is 5.81. The van der Waals surface area contributed by atoms with E-state index in [4.69, 9.17) is 10.00 Å². The fourth-order valence-corrected chi connectivity index (χ4v) is 2.91. The van der Waals surface area contributed by atoms with E-state index < -0.39 is 23.4 Å². The fourth-order valence-electron chi connectivity index (χ4n) is 2.91. The monoisotopic (exact) mass is 404 g/mol. The lowest BCUT2D eigenvalue weighted by Crippen LogP contribution is -2.39. The summed E-state index contributed by atoms with van der Waals surface area (Å²) >= 11 is 0. The second kappa shape index (κ2) is 9.97. The maximum atomic E-state index is 13.1. The molecule has 0 aliphatic carbocycles. The normalized spacial score (nSPS) is 12.1. The topological polar surface area (TPSA) is 62.1 Å². The van der Waals surface area contributed by atoms with Crippen molar-refractivity contribution in [2.75, 3.05) is 6.54 Å². The summed E-state index contributed by atoms with van der Waals surface area (Å²) in [6.07, 6.45) is -3.97. The predicted octanol–water partition coefficient (Wildman–Crippen LogP) is 4.79. The molecule has 0 spiro atoms. The SMILES string of the molecule is CCCC(Oc1ccc(C#N)c(C(F)(F)F)c1)C(=O)NCCc1cccc(C)c1. The maximum Gasteiger partial charge on any atom is 0.417 e. The van der Waals surface area contributed by atoms with Crippen LogP contribution in [-0.2, 0) is 17.4 Å². The standard InChI is InChI=1S/C22H23F3N2O2/c1-3-5-20(21(28)27-11-10-16-7-4-6-15(2)12-16)29-18-9-8-17(14-26)19(13-18)22(23,24)25/h4,6-9,12-13,20H,3,5,10-11H2,1-2H3,(H,27,28). The van der Waals surface area contributed by atoms with E-state index in [0.29, 0.717) is 25.8 Å². The van der Waals surface area contributed by atoms with E-state index in [1.807, 2.05) is 38.1 Å². The van der Waals surface area contributed by atoms with Crippen LogP contribution in [0.4, 0.5) is 13.2 Å². The number of nitrogens with zero attached hydrogens (tertiary/aromatic N) is 1. The van der Waals surface area contributed by atoms with Gasteiger partial charge in [-0.1, -0.05) is 43.2 Å². The summed E-state index contributed by atoms with van der Waals surface area (Å²) in [7, 11) is 0. The Bertz CT molecular complexity index is 888. The van der Waals surface area contributed by atoms with Crippen LogP contribution in [0.5, 0.6) is 5.75 Å². The first-order valence-electron chi connectivity index (χ1n) is 9.36. The van der Waals surface area contributed by atoms with Crippen LogP contribution in [0.2, 0.25) is 0 Å². The lowest BCUT2D eigenvalue weighted by atomic mass is 10.1. The number of amides is 1. The van der Waals surface area contributed by atoms with E-state index >= 15 is 0 Å². The molecule has 1 N–H and O–H groups in total. The zero-order chi connectivity index (χ0) is 21.4. The summed E-state index contributed by atoms with van der Waals surface area (Å²) in [5.41, 5.74) is 0.648. The fraction of sp³-hybridized carbons (Fsp3) is 0.364. The molecule has 1 atom stereocenters. The number of nitriles is 1.